The fraction of sp³-hybridized carbons (Fsp3) is 1.00. The van der Waals surface area contributed by atoms with Crippen LogP contribution < -0.4 is 5.73 Å². The zero-order valence-electron chi connectivity index (χ0n) is 11.2. The van der Waals surface area contributed by atoms with Gasteiger partial charge in [-0.25, -0.2) is 0 Å². The van der Waals surface area contributed by atoms with E-state index >= 15 is 0 Å². The number of unbranched alkanes of at least 4 members (excludes halogenated alkanes) is 1. The van der Waals surface area contributed by atoms with Gasteiger partial charge in [-0.1, -0.05) is 27.2 Å². The number of hydrogen-bond acceptors (Lipinski definition) is 2. The Kier molecular flexibility index (Phi) is 8.07. The quantitative estimate of drug-likeness (QED) is 0.639. The lowest BCUT2D eigenvalue weighted by atomic mass is 9.84. The second-order valence-corrected chi connectivity index (χ2v) is 5.46. The minimum atomic E-state index is 0.431. The van der Waals surface area contributed by atoms with Gasteiger partial charge in [0.15, 0.2) is 0 Å². The molecule has 0 aromatic carbocycles. The van der Waals surface area contributed by atoms with Gasteiger partial charge in [-0.15, -0.1) is 0 Å². The van der Waals surface area contributed by atoms with Crippen LogP contribution in [0.4, 0.5) is 0 Å². The highest BCUT2D eigenvalue weighted by atomic mass is 15.1. The third-order valence-electron chi connectivity index (χ3n) is 3.11. The first kappa shape index (κ1) is 14.9. The van der Waals surface area contributed by atoms with Crippen molar-refractivity contribution in [2.24, 2.45) is 11.1 Å². The molecule has 0 rings (SSSR count). The second kappa shape index (κ2) is 8.12. The first-order valence-electron chi connectivity index (χ1n) is 6.40. The molecular formula is C13H30N2. The van der Waals surface area contributed by atoms with Gasteiger partial charge in [-0.3, -0.25) is 0 Å². The Morgan fingerprint density at radius 2 is 1.67 bits per heavy atom. The topological polar surface area (TPSA) is 29.3 Å². The van der Waals surface area contributed by atoms with Crippen LogP contribution in [0.2, 0.25) is 0 Å². The van der Waals surface area contributed by atoms with E-state index in [1.165, 1.54) is 38.8 Å². The maximum atomic E-state index is 5.60. The molecule has 2 N–H and O–H groups in total. The van der Waals surface area contributed by atoms with Crippen molar-refractivity contribution in [3.8, 4) is 0 Å². The van der Waals surface area contributed by atoms with Crippen LogP contribution in [0.1, 0.15) is 52.9 Å². The first-order chi connectivity index (χ1) is 7.02. The van der Waals surface area contributed by atoms with Crippen molar-refractivity contribution < 1.29 is 0 Å². The van der Waals surface area contributed by atoms with E-state index in [0.29, 0.717) is 5.41 Å². The number of rotatable bonds is 9. The summed E-state index contributed by atoms with van der Waals surface area (Å²) in [4.78, 5) is 2.45. The number of hydrogen-bond donors (Lipinski definition) is 1. The molecule has 0 spiro atoms. The molecule has 92 valence electrons. The number of nitrogens with two attached hydrogens (primary N) is 1. The molecule has 0 bridgehead atoms. The van der Waals surface area contributed by atoms with Gasteiger partial charge < -0.3 is 10.6 Å². The van der Waals surface area contributed by atoms with E-state index < -0.39 is 0 Å². The van der Waals surface area contributed by atoms with Gasteiger partial charge in [0.2, 0.25) is 0 Å². The highest BCUT2D eigenvalue weighted by Crippen LogP contribution is 2.25. The Hall–Kier alpha value is -0.0800. The molecule has 0 aliphatic heterocycles. The minimum Gasteiger partial charge on any atom is -0.330 e. The monoisotopic (exact) mass is 214 g/mol. The van der Waals surface area contributed by atoms with Gasteiger partial charge in [0.25, 0.3) is 0 Å². The Bertz CT molecular complexity index is 143. The lowest BCUT2D eigenvalue weighted by Crippen LogP contribution is -2.23. The summed E-state index contributed by atoms with van der Waals surface area (Å²) < 4.78 is 0. The summed E-state index contributed by atoms with van der Waals surface area (Å²) in [6.45, 7) is 10.2. The van der Waals surface area contributed by atoms with Crippen LogP contribution >= 0.6 is 0 Å². The fourth-order valence-corrected chi connectivity index (χ4v) is 1.88. The highest BCUT2D eigenvalue weighted by Gasteiger charge is 2.16. The third-order valence-corrected chi connectivity index (χ3v) is 3.11. The van der Waals surface area contributed by atoms with Crippen LogP contribution in [0, 0.1) is 5.41 Å². The van der Waals surface area contributed by atoms with Crippen molar-refractivity contribution >= 4 is 0 Å². The predicted octanol–water partition coefficient (Wildman–Crippen LogP) is 2.87. The molecular weight excluding hydrogens is 184 g/mol. The van der Waals surface area contributed by atoms with Gasteiger partial charge in [-0.2, -0.15) is 0 Å². The van der Waals surface area contributed by atoms with E-state index in [1.807, 2.05) is 0 Å². The SMILES string of the molecule is CCCCN(C)CCCC(C)(C)CCN. The maximum absolute atomic E-state index is 5.60. The molecule has 0 heterocycles. The normalized spacial score (nSPS) is 12.4. The molecule has 0 fully saturated rings. The standard InChI is InChI=1S/C13H30N2/c1-5-6-11-15(4)12-7-8-13(2,3)9-10-14/h5-12,14H2,1-4H3. The molecule has 0 saturated carbocycles. The summed E-state index contributed by atoms with van der Waals surface area (Å²) >= 11 is 0. The molecule has 0 amide bonds. The van der Waals surface area contributed by atoms with E-state index in [9.17, 15) is 0 Å². The van der Waals surface area contributed by atoms with Crippen LogP contribution in [0.5, 0.6) is 0 Å². The maximum Gasteiger partial charge on any atom is -0.00216 e. The zero-order chi connectivity index (χ0) is 11.7. The molecule has 0 aliphatic rings. The lowest BCUT2D eigenvalue weighted by Gasteiger charge is -2.25. The van der Waals surface area contributed by atoms with Crippen molar-refractivity contribution in [2.45, 2.75) is 52.9 Å². The van der Waals surface area contributed by atoms with Crippen molar-refractivity contribution in [3.05, 3.63) is 0 Å². The molecule has 2 nitrogen and oxygen atoms in total. The van der Waals surface area contributed by atoms with E-state index in [2.05, 4.69) is 32.7 Å². The summed E-state index contributed by atoms with van der Waals surface area (Å²) in [5.41, 5.74) is 6.03. The van der Waals surface area contributed by atoms with Crippen LogP contribution in [0.25, 0.3) is 0 Å². The first-order valence-corrected chi connectivity index (χ1v) is 6.40. The molecule has 2 heteroatoms. The molecule has 0 atom stereocenters. The van der Waals surface area contributed by atoms with Gasteiger partial charge >= 0.3 is 0 Å². The summed E-state index contributed by atoms with van der Waals surface area (Å²) in [6, 6.07) is 0. The Morgan fingerprint density at radius 1 is 1.07 bits per heavy atom. The van der Waals surface area contributed by atoms with E-state index in [-0.39, 0.29) is 0 Å². The van der Waals surface area contributed by atoms with Gasteiger partial charge in [0, 0.05) is 0 Å². The summed E-state index contributed by atoms with van der Waals surface area (Å²) in [6.07, 6.45) is 6.35. The van der Waals surface area contributed by atoms with E-state index in [0.717, 1.165) is 13.0 Å². The van der Waals surface area contributed by atoms with Crippen LogP contribution in [-0.2, 0) is 0 Å². The molecule has 0 aliphatic carbocycles. The average Bonchev–Trinajstić information content (AvgIpc) is 2.14. The van der Waals surface area contributed by atoms with Crippen LogP contribution in [0.15, 0.2) is 0 Å². The third kappa shape index (κ3) is 8.88. The minimum absolute atomic E-state index is 0.431. The molecule has 0 aromatic rings. The van der Waals surface area contributed by atoms with Crippen molar-refractivity contribution in [1.29, 1.82) is 0 Å². The smallest absolute Gasteiger partial charge is 0.00216 e. The Balaban J connectivity index is 3.51. The summed E-state index contributed by atoms with van der Waals surface area (Å²) in [7, 11) is 2.23. The van der Waals surface area contributed by atoms with Crippen molar-refractivity contribution in [2.75, 3.05) is 26.7 Å². The Labute approximate surface area is 96.2 Å². The summed E-state index contributed by atoms with van der Waals surface area (Å²) in [5.74, 6) is 0. The average molecular weight is 214 g/mol. The number of nitrogens with zero attached hydrogens (tertiary/aromatic N) is 1. The van der Waals surface area contributed by atoms with Crippen LogP contribution in [-0.4, -0.2) is 31.6 Å². The van der Waals surface area contributed by atoms with Crippen molar-refractivity contribution in [3.63, 3.8) is 0 Å². The largest absolute Gasteiger partial charge is 0.330 e. The second-order valence-electron chi connectivity index (χ2n) is 5.46. The molecule has 0 aromatic heterocycles. The van der Waals surface area contributed by atoms with E-state index in [4.69, 9.17) is 5.73 Å². The fourth-order valence-electron chi connectivity index (χ4n) is 1.88. The van der Waals surface area contributed by atoms with Gasteiger partial charge in [-0.05, 0) is 57.8 Å². The van der Waals surface area contributed by atoms with Crippen molar-refractivity contribution in [1.82, 2.24) is 4.90 Å². The van der Waals surface area contributed by atoms with Crippen LogP contribution in [0.3, 0.4) is 0 Å². The molecule has 0 saturated heterocycles. The van der Waals surface area contributed by atoms with E-state index in [1.54, 1.807) is 0 Å². The molecule has 15 heavy (non-hydrogen) atoms. The highest BCUT2D eigenvalue weighted by molar-refractivity contribution is 4.69. The predicted molar refractivity (Wildman–Crippen MR) is 69.1 cm³/mol. The Morgan fingerprint density at radius 3 is 2.20 bits per heavy atom. The van der Waals surface area contributed by atoms with Gasteiger partial charge in [0.05, 0.1) is 0 Å². The van der Waals surface area contributed by atoms with Gasteiger partial charge in [0.1, 0.15) is 0 Å². The zero-order valence-corrected chi connectivity index (χ0v) is 11.2. The molecule has 0 unspecified atom stereocenters. The molecule has 0 radical (unpaired) electrons. The lowest BCUT2D eigenvalue weighted by molar-refractivity contribution is 0.261. The summed E-state index contributed by atoms with van der Waals surface area (Å²) in [5, 5.41) is 0.